The number of aryl methyl sites for hydroxylation is 3. The Hall–Kier alpha value is -1.03. The van der Waals surface area contributed by atoms with Crippen molar-refractivity contribution in [1.29, 1.82) is 0 Å². The Bertz CT molecular complexity index is 387. The van der Waals surface area contributed by atoms with Gasteiger partial charge in [-0.25, -0.2) is 0 Å². The monoisotopic (exact) mass is 259 g/mol. The van der Waals surface area contributed by atoms with E-state index in [0.717, 1.165) is 22.3 Å². The van der Waals surface area contributed by atoms with E-state index in [1.807, 2.05) is 32.9 Å². The highest BCUT2D eigenvalue weighted by atomic mass is 19.4. The number of hydrogen-bond acceptors (Lipinski definition) is 1. The minimum atomic E-state index is -4.12. The van der Waals surface area contributed by atoms with Crippen molar-refractivity contribution in [3.05, 3.63) is 34.4 Å². The molecule has 0 aliphatic carbocycles. The van der Waals surface area contributed by atoms with Gasteiger partial charge in [0, 0.05) is 12.5 Å². The summed E-state index contributed by atoms with van der Waals surface area (Å²) in [4.78, 5) is 0. The standard InChI is InChI=1S/C14H20F3N/c1-9-6-10(2)13(11(3)7-9)8-12(18)4-5-14(15,16)17/h6-7,12H,4-5,8,18H2,1-3H3. The van der Waals surface area contributed by atoms with E-state index < -0.39 is 18.6 Å². The van der Waals surface area contributed by atoms with Gasteiger partial charge in [-0.15, -0.1) is 0 Å². The average Bonchev–Trinajstić information content (AvgIpc) is 2.19. The highest BCUT2D eigenvalue weighted by Crippen LogP contribution is 2.24. The van der Waals surface area contributed by atoms with E-state index in [1.54, 1.807) is 0 Å². The minimum Gasteiger partial charge on any atom is -0.327 e. The van der Waals surface area contributed by atoms with Crippen molar-refractivity contribution in [2.45, 2.75) is 52.3 Å². The molecule has 0 aliphatic rings. The van der Waals surface area contributed by atoms with Crippen LogP contribution >= 0.6 is 0 Å². The molecule has 0 spiro atoms. The van der Waals surface area contributed by atoms with Crippen LogP contribution in [0.4, 0.5) is 13.2 Å². The summed E-state index contributed by atoms with van der Waals surface area (Å²) in [5.41, 5.74) is 10.2. The Balaban J connectivity index is 2.68. The SMILES string of the molecule is Cc1cc(C)c(CC(N)CCC(F)(F)F)c(C)c1. The number of alkyl halides is 3. The third-order valence-corrected chi connectivity index (χ3v) is 3.11. The van der Waals surface area contributed by atoms with Crippen LogP contribution in [-0.4, -0.2) is 12.2 Å². The van der Waals surface area contributed by atoms with Crippen molar-refractivity contribution in [1.82, 2.24) is 0 Å². The molecular formula is C14H20F3N. The Kier molecular flexibility index (Phi) is 4.79. The number of halogens is 3. The molecule has 0 aliphatic heterocycles. The number of benzene rings is 1. The maximum absolute atomic E-state index is 12.1. The number of hydrogen-bond donors (Lipinski definition) is 1. The Labute approximate surface area is 106 Å². The molecule has 18 heavy (non-hydrogen) atoms. The maximum atomic E-state index is 12.1. The van der Waals surface area contributed by atoms with Crippen LogP contribution in [0.15, 0.2) is 12.1 Å². The molecule has 1 unspecified atom stereocenters. The van der Waals surface area contributed by atoms with E-state index in [-0.39, 0.29) is 6.42 Å². The molecule has 1 rings (SSSR count). The quantitative estimate of drug-likeness (QED) is 0.874. The summed E-state index contributed by atoms with van der Waals surface area (Å²) in [6.07, 6.45) is -4.43. The molecule has 0 saturated carbocycles. The zero-order valence-corrected chi connectivity index (χ0v) is 11.1. The van der Waals surface area contributed by atoms with Gasteiger partial charge < -0.3 is 5.73 Å². The van der Waals surface area contributed by atoms with Crippen molar-refractivity contribution in [3.8, 4) is 0 Å². The molecule has 0 fully saturated rings. The first-order valence-corrected chi connectivity index (χ1v) is 6.08. The molecule has 0 amide bonds. The van der Waals surface area contributed by atoms with Crippen LogP contribution < -0.4 is 5.73 Å². The lowest BCUT2D eigenvalue weighted by Crippen LogP contribution is -2.26. The van der Waals surface area contributed by atoms with Crippen molar-refractivity contribution < 1.29 is 13.2 Å². The molecule has 1 nitrogen and oxygen atoms in total. The fourth-order valence-electron chi connectivity index (χ4n) is 2.25. The zero-order chi connectivity index (χ0) is 13.9. The fourth-order valence-corrected chi connectivity index (χ4v) is 2.25. The third kappa shape index (κ3) is 4.69. The van der Waals surface area contributed by atoms with Crippen molar-refractivity contribution in [2.24, 2.45) is 5.73 Å². The fraction of sp³-hybridized carbons (Fsp3) is 0.571. The molecular weight excluding hydrogens is 239 g/mol. The van der Waals surface area contributed by atoms with Crippen LogP contribution in [0.2, 0.25) is 0 Å². The topological polar surface area (TPSA) is 26.0 Å². The Morgan fingerprint density at radius 1 is 1.11 bits per heavy atom. The van der Waals surface area contributed by atoms with E-state index in [4.69, 9.17) is 5.73 Å². The highest BCUT2D eigenvalue weighted by molar-refractivity contribution is 5.37. The van der Waals surface area contributed by atoms with Gasteiger partial charge in [0.05, 0.1) is 0 Å². The molecule has 0 saturated heterocycles. The van der Waals surface area contributed by atoms with Gasteiger partial charge in [-0.3, -0.25) is 0 Å². The predicted molar refractivity (Wildman–Crippen MR) is 67.6 cm³/mol. The first-order chi connectivity index (χ1) is 8.19. The third-order valence-electron chi connectivity index (χ3n) is 3.11. The number of nitrogens with two attached hydrogens (primary N) is 1. The van der Waals surface area contributed by atoms with Gasteiger partial charge in [0.1, 0.15) is 0 Å². The summed E-state index contributed by atoms with van der Waals surface area (Å²) in [6.45, 7) is 5.96. The van der Waals surface area contributed by atoms with Gasteiger partial charge >= 0.3 is 6.18 Å². The molecule has 0 aromatic heterocycles. The Morgan fingerprint density at radius 2 is 1.61 bits per heavy atom. The summed E-state index contributed by atoms with van der Waals surface area (Å²) in [5, 5.41) is 0. The molecule has 2 N–H and O–H groups in total. The lowest BCUT2D eigenvalue weighted by molar-refractivity contribution is -0.136. The maximum Gasteiger partial charge on any atom is 0.389 e. The summed E-state index contributed by atoms with van der Waals surface area (Å²) < 4.78 is 36.3. The minimum absolute atomic E-state index is 0.0176. The predicted octanol–water partition coefficient (Wildman–Crippen LogP) is 3.82. The second-order valence-corrected chi connectivity index (χ2v) is 5.00. The molecule has 4 heteroatoms. The van der Waals surface area contributed by atoms with Gasteiger partial charge in [-0.1, -0.05) is 17.7 Å². The molecule has 0 bridgehead atoms. The summed E-state index contributed by atoms with van der Waals surface area (Å²) in [5.74, 6) is 0. The normalized spacial score (nSPS) is 13.7. The molecule has 102 valence electrons. The summed E-state index contributed by atoms with van der Waals surface area (Å²) in [7, 11) is 0. The van der Waals surface area contributed by atoms with E-state index in [2.05, 4.69) is 0 Å². The van der Waals surface area contributed by atoms with Crippen LogP contribution in [0.5, 0.6) is 0 Å². The average molecular weight is 259 g/mol. The Morgan fingerprint density at radius 3 is 2.06 bits per heavy atom. The first kappa shape index (κ1) is 15.0. The highest BCUT2D eigenvalue weighted by Gasteiger charge is 2.27. The molecule has 0 radical (unpaired) electrons. The summed E-state index contributed by atoms with van der Waals surface area (Å²) in [6, 6.07) is 3.64. The van der Waals surface area contributed by atoms with E-state index >= 15 is 0 Å². The van der Waals surface area contributed by atoms with Gasteiger partial charge in [-0.2, -0.15) is 13.2 Å². The van der Waals surface area contributed by atoms with Crippen LogP contribution in [-0.2, 0) is 6.42 Å². The lowest BCUT2D eigenvalue weighted by Gasteiger charge is -2.17. The van der Waals surface area contributed by atoms with E-state index in [0.29, 0.717) is 6.42 Å². The van der Waals surface area contributed by atoms with Crippen molar-refractivity contribution >= 4 is 0 Å². The first-order valence-electron chi connectivity index (χ1n) is 6.08. The van der Waals surface area contributed by atoms with Gasteiger partial charge in [-0.05, 0) is 50.3 Å². The van der Waals surface area contributed by atoms with Gasteiger partial charge in [0.25, 0.3) is 0 Å². The van der Waals surface area contributed by atoms with Crippen LogP contribution in [0, 0.1) is 20.8 Å². The molecule has 0 heterocycles. The smallest absolute Gasteiger partial charge is 0.327 e. The van der Waals surface area contributed by atoms with Crippen LogP contribution in [0.25, 0.3) is 0 Å². The summed E-state index contributed by atoms with van der Waals surface area (Å²) >= 11 is 0. The zero-order valence-electron chi connectivity index (χ0n) is 11.1. The van der Waals surface area contributed by atoms with Crippen LogP contribution in [0.3, 0.4) is 0 Å². The van der Waals surface area contributed by atoms with Crippen molar-refractivity contribution in [2.75, 3.05) is 0 Å². The number of rotatable bonds is 4. The molecule has 1 atom stereocenters. The second kappa shape index (κ2) is 5.74. The van der Waals surface area contributed by atoms with Gasteiger partial charge in [0.15, 0.2) is 0 Å². The van der Waals surface area contributed by atoms with Gasteiger partial charge in [0.2, 0.25) is 0 Å². The van der Waals surface area contributed by atoms with Crippen molar-refractivity contribution in [3.63, 3.8) is 0 Å². The van der Waals surface area contributed by atoms with Crippen LogP contribution in [0.1, 0.15) is 35.1 Å². The second-order valence-electron chi connectivity index (χ2n) is 5.00. The lowest BCUT2D eigenvalue weighted by atomic mass is 9.93. The molecule has 1 aromatic rings. The molecule has 1 aromatic carbocycles. The largest absolute Gasteiger partial charge is 0.389 e. The van der Waals surface area contributed by atoms with E-state index in [1.165, 1.54) is 0 Å². The van der Waals surface area contributed by atoms with E-state index in [9.17, 15) is 13.2 Å².